The standard InChI is InChI=1S/C15H17N3O3S/c1-9-10(2)22-13(18-9)8-17-15(21)16-7-11-3-5-12(6-4-11)14(19)20/h3-6H,7-8H2,1-2H3,(H,19,20)(H2,16,17,21). The van der Waals surface area contributed by atoms with E-state index in [0.717, 1.165) is 21.1 Å². The van der Waals surface area contributed by atoms with Gasteiger partial charge in [0.25, 0.3) is 0 Å². The highest BCUT2D eigenvalue weighted by atomic mass is 32.1. The predicted octanol–water partition coefficient (Wildman–Crippen LogP) is 2.46. The number of hydrogen-bond donors (Lipinski definition) is 3. The SMILES string of the molecule is Cc1nc(CNC(=O)NCc2ccc(C(=O)O)cc2)sc1C. The second-order valence-corrected chi connectivity index (χ2v) is 6.08. The van der Waals surface area contributed by atoms with E-state index in [-0.39, 0.29) is 11.6 Å². The lowest BCUT2D eigenvalue weighted by atomic mass is 10.1. The van der Waals surface area contributed by atoms with Gasteiger partial charge in [0.1, 0.15) is 5.01 Å². The summed E-state index contributed by atoms with van der Waals surface area (Å²) in [6.07, 6.45) is 0. The van der Waals surface area contributed by atoms with Crippen LogP contribution >= 0.6 is 11.3 Å². The van der Waals surface area contributed by atoms with Crippen molar-refractivity contribution in [2.45, 2.75) is 26.9 Å². The second-order valence-electron chi connectivity index (χ2n) is 4.79. The summed E-state index contributed by atoms with van der Waals surface area (Å²) in [6.45, 7) is 4.67. The molecule has 2 rings (SSSR count). The Hall–Kier alpha value is -2.41. The first kappa shape index (κ1) is 16.0. The number of aromatic nitrogens is 1. The van der Waals surface area contributed by atoms with Crippen LogP contribution in [0.1, 0.15) is 31.5 Å². The van der Waals surface area contributed by atoms with Gasteiger partial charge in [-0.05, 0) is 31.5 Å². The van der Waals surface area contributed by atoms with Crippen LogP contribution in [0.4, 0.5) is 4.79 Å². The van der Waals surface area contributed by atoms with Crippen molar-refractivity contribution in [1.82, 2.24) is 15.6 Å². The molecule has 22 heavy (non-hydrogen) atoms. The lowest BCUT2D eigenvalue weighted by molar-refractivity contribution is 0.0697. The summed E-state index contributed by atoms with van der Waals surface area (Å²) in [4.78, 5) is 28.0. The Morgan fingerprint density at radius 3 is 2.32 bits per heavy atom. The zero-order valence-corrected chi connectivity index (χ0v) is 13.2. The first-order valence-electron chi connectivity index (χ1n) is 6.72. The van der Waals surface area contributed by atoms with E-state index in [4.69, 9.17) is 5.11 Å². The molecule has 1 heterocycles. The van der Waals surface area contributed by atoms with E-state index >= 15 is 0 Å². The van der Waals surface area contributed by atoms with Crippen molar-refractivity contribution in [2.75, 3.05) is 0 Å². The van der Waals surface area contributed by atoms with Crippen LogP contribution in [-0.2, 0) is 13.1 Å². The summed E-state index contributed by atoms with van der Waals surface area (Å²) >= 11 is 1.57. The van der Waals surface area contributed by atoms with Gasteiger partial charge in [-0.3, -0.25) is 0 Å². The van der Waals surface area contributed by atoms with Gasteiger partial charge in [0.15, 0.2) is 0 Å². The predicted molar refractivity (Wildman–Crippen MR) is 84.1 cm³/mol. The van der Waals surface area contributed by atoms with Gasteiger partial charge in [-0.2, -0.15) is 0 Å². The third-order valence-corrected chi connectivity index (χ3v) is 4.20. The Labute approximate surface area is 132 Å². The maximum absolute atomic E-state index is 11.7. The molecule has 0 spiro atoms. The average Bonchev–Trinajstić information content (AvgIpc) is 2.82. The second kappa shape index (κ2) is 7.04. The van der Waals surface area contributed by atoms with Crippen LogP contribution in [0.15, 0.2) is 24.3 Å². The summed E-state index contributed by atoms with van der Waals surface area (Å²) < 4.78 is 0. The molecule has 0 unspecified atom stereocenters. The molecule has 0 radical (unpaired) electrons. The van der Waals surface area contributed by atoms with E-state index in [1.54, 1.807) is 23.5 Å². The highest BCUT2D eigenvalue weighted by Gasteiger charge is 2.06. The largest absolute Gasteiger partial charge is 0.478 e. The minimum absolute atomic E-state index is 0.225. The summed E-state index contributed by atoms with van der Waals surface area (Å²) in [5.74, 6) is -0.966. The first-order valence-corrected chi connectivity index (χ1v) is 7.54. The van der Waals surface area contributed by atoms with Gasteiger partial charge < -0.3 is 15.7 Å². The van der Waals surface area contributed by atoms with Crippen molar-refractivity contribution in [2.24, 2.45) is 0 Å². The Morgan fingerprint density at radius 1 is 1.14 bits per heavy atom. The number of urea groups is 1. The number of aryl methyl sites for hydroxylation is 2. The molecule has 2 amide bonds. The number of carbonyl (C=O) groups is 2. The fraction of sp³-hybridized carbons (Fsp3) is 0.267. The van der Waals surface area contributed by atoms with Crippen molar-refractivity contribution in [3.8, 4) is 0 Å². The van der Waals surface area contributed by atoms with Crippen LogP contribution < -0.4 is 10.6 Å². The molecule has 0 saturated carbocycles. The molecule has 116 valence electrons. The van der Waals surface area contributed by atoms with Crippen LogP contribution in [-0.4, -0.2) is 22.1 Å². The molecular formula is C15H17N3O3S. The number of benzene rings is 1. The van der Waals surface area contributed by atoms with Crippen molar-refractivity contribution in [3.63, 3.8) is 0 Å². The third kappa shape index (κ3) is 4.29. The molecule has 0 aliphatic carbocycles. The molecule has 0 saturated heterocycles. The Bertz CT molecular complexity index is 660. The van der Waals surface area contributed by atoms with E-state index in [2.05, 4.69) is 15.6 Å². The molecule has 6 nitrogen and oxygen atoms in total. The lowest BCUT2D eigenvalue weighted by Gasteiger charge is -2.06. The van der Waals surface area contributed by atoms with Gasteiger partial charge in [0.05, 0.1) is 17.8 Å². The number of amides is 2. The van der Waals surface area contributed by atoms with Gasteiger partial charge in [-0.1, -0.05) is 12.1 Å². The molecule has 0 bridgehead atoms. The molecule has 0 aliphatic heterocycles. The van der Waals surface area contributed by atoms with Crippen LogP contribution in [0.3, 0.4) is 0 Å². The highest BCUT2D eigenvalue weighted by molar-refractivity contribution is 7.11. The fourth-order valence-corrected chi connectivity index (χ4v) is 2.65. The number of aromatic carboxylic acids is 1. The third-order valence-electron chi connectivity index (χ3n) is 3.13. The zero-order valence-electron chi connectivity index (χ0n) is 12.3. The Kier molecular flexibility index (Phi) is 5.11. The topological polar surface area (TPSA) is 91.3 Å². The monoisotopic (exact) mass is 319 g/mol. The average molecular weight is 319 g/mol. The summed E-state index contributed by atoms with van der Waals surface area (Å²) in [5.41, 5.74) is 2.05. The van der Waals surface area contributed by atoms with E-state index in [1.165, 1.54) is 12.1 Å². The van der Waals surface area contributed by atoms with Crippen LogP contribution in [0.5, 0.6) is 0 Å². The maximum atomic E-state index is 11.7. The number of carbonyl (C=O) groups excluding carboxylic acids is 1. The van der Waals surface area contributed by atoms with Crippen molar-refractivity contribution < 1.29 is 14.7 Å². The number of carboxylic acid groups (broad SMARTS) is 1. The molecule has 0 aliphatic rings. The Morgan fingerprint density at radius 2 is 1.77 bits per heavy atom. The summed E-state index contributed by atoms with van der Waals surface area (Å²) in [6, 6.07) is 6.10. The number of nitrogens with one attached hydrogen (secondary N) is 2. The summed E-state index contributed by atoms with van der Waals surface area (Å²) in [5, 5.41) is 15.1. The molecule has 1 aromatic carbocycles. The minimum atomic E-state index is -0.966. The van der Waals surface area contributed by atoms with Crippen LogP contribution in [0.25, 0.3) is 0 Å². The van der Waals surface area contributed by atoms with Gasteiger partial charge in [0.2, 0.25) is 0 Å². The number of nitrogens with zero attached hydrogens (tertiary/aromatic N) is 1. The van der Waals surface area contributed by atoms with Crippen molar-refractivity contribution in [3.05, 3.63) is 51.0 Å². The van der Waals surface area contributed by atoms with Crippen molar-refractivity contribution in [1.29, 1.82) is 0 Å². The molecule has 2 aromatic rings. The zero-order chi connectivity index (χ0) is 16.1. The van der Waals surface area contributed by atoms with E-state index in [1.807, 2.05) is 13.8 Å². The molecule has 7 heteroatoms. The molecule has 3 N–H and O–H groups in total. The molecule has 0 atom stereocenters. The highest BCUT2D eigenvalue weighted by Crippen LogP contribution is 2.15. The Balaban J connectivity index is 1.78. The van der Waals surface area contributed by atoms with Crippen LogP contribution in [0, 0.1) is 13.8 Å². The van der Waals surface area contributed by atoms with Crippen molar-refractivity contribution >= 4 is 23.3 Å². The van der Waals surface area contributed by atoms with Gasteiger partial charge in [-0.15, -0.1) is 11.3 Å². The lowest BCUT2D eigenvalue weighted by Crippen LogP contribution is -2.34. The normalized spacial score (nSPS) is 10.3. The summed E-state index contributed by atoms with van der Waals surface area (Å²) in [7, 11) is 0. The fourth-order valence-electron chi connectivity index (χ4n) is 1.78. The number of hydrogen-bond acceptors (Lipinski definition) is 4. The van der Waals surface area contributed by atoms with Gasteiger partial charge in [0, 0.05) is 11.4 Å². The first-order chi connectivity index (χ1) is 10.5. The number of thiazole rings is 1. The number of carboxylic acids is 1. The van der Waals surface area contributed by atoms with Crippen LogP contribution in [0.2, 0.25) is 0 Å². The number of rotatable bonds is 5. The van der Waals surface area contributed by atoms with E-state index in [9.17, 15) is 9.59 Å². The van der Waals surface area contributed by atoms with Gasteiger partial charge in [-0.25, -0.2) is 14.6 Å². The quantitative estimate of drug-likeness (QED) is 0.789. The van der Waals surface area contributed by atoms with E-state index < -0.39 is 5.97 Å². The van der Waals surface area contributed by atoms with Gasteiger partial charge >= 0.3 is 12.0 Å². The molecule has 1 aromatic heterocycles. The molecular weight excluding hydrogens is 302 g/mol. The molecule has 0 fully saturated rings. The maximum Gasteiger partial charge on any atom is 0.335 e. The van der Waals surface area contributed by atoms with E-state index in [0.29, 0.717) is 13.1 Å². The minimum Gasteiger partial charge on any atom is -0.478 e. The smallest absolute Gasteiger partial charge is 0.335 e.